The number of rotatable bonds is 11. The lowest BCUT2D eigenvalue weighted by Gasteiger charge is -2.30. The summed E-state index contributed by atoms with van der Waals surface area (Å²) in [5, 5.41) is 20.6. The molecule has 0 heterocycles. The van der Waals surface area contributed by atoms with Crippen LogP contribution in [0, 0.1) is 5.41 Å². The maximum atomic E-state index is 12.4. The number of nitrogen functional groups attached to an aromatic ring is 1. The quantitative estimate of drug-likeness (QED) is 0.200. The highest BCUT2D eigenvalue weighted by atomic mass is 32.2. The fourth-order valence-electron chi connectivity index (χ4n) is 2.96. The van der Waals surface area contributed by atoms with Crippen LogP contribution in [0.1, 0.15) is 30.5 Å². The normalized spacial score (nSPS) is 13.3. The summed E-state index contributed by atoms with van der Waals surface area (Å²) in [6, 6.07) is 11.9. The van der Waals surface area contributed by atoms with E-state index in [1.807, 2.05) is 13.0 Å². The number of sulfonamides is 1. The molecule has 0 bridgehead atoms. The lowest BCUT2D eigenvalue weighted by Crippen LogP contribution is -2.41. The molecular formula is C21H28N4O5S. The van der Waals surface area contributed by atoms with Crippen LogP contribution in [0.25, 0.3) is 0 Å². The van der Waals surface area contributed by atoms with Gasteiger partial charge in [-0.15, -0.1) is 0 Å². The Morgan fingerprint density at radius 1 is 1.23 bits per heavy atom. The van der Waals surface area contributed by atoms with Crippen molar-refractivity contribution in [1.29, 1.82) is 5.41 Å². The molecule has 0 aliphatic heterocycles. The van der Waals surface area contributed by atoms with Gasteiger partial charge in [-0.2, -0.15) is 0 Å². The van der Waals surface area contributed by atoms with Crippen LogP contribution in [-0.2, 0) is 26.8 Å². The molecule has 0 saturated carbocycles. The molecule has 0 fully saturated rings. The van der Waals surface area contributed by atoms with Crippen LogP contribution >= 0.6 is 0 Å². The first-order valence-electron chi connectivity index (χ1n) is 9.63. The zero-order valence-corrected chi connectivity index (χ0v) is 18.5. The van der Waals surface area contributed by atoms with Crippen molar-refractivity contribution in [3.63, 3.8) is 0 Å². The zero-order valence-electron chi connectivity index (χ0n) is 17.7. The molecule has 2 rings (SSSR count). The van der Waals surface area contributed by atoms with Gasteiger partial charge in [-0.05, 0) is 55.3 Å². The van der Waals surface area contributed by atoms with Crippen molar-refractivity contribution < 1.29 is 23.1 Å². The minimum absolute atomic E-state index is 0.0363. The van der Waals surface area contributed by atoms with E-state index >= 15 is 0 Å². The molecule has 0 aliphatic carbocycles. The van der Waals surface area contributed by atoms with Crippen LogP contribution in [0.4, 0.5) is 5.69 Å². The molecule has 1 unspecified atom stereocenters. The van der Waals surface area contributed by atoms with Crippen LogP contribution in [0.5, 0.6) is 5.75 Å². The van der Waals surface area contributed by atoms with Gasteiger partial charge in [0.1, 0.15) is 18.2 Å². The molecule has 2 aromatic carbocycles. The number of nitrogens with one attached hydrogen (secondary N) is 3. The zero-order chi connectivity index (χ0) is 23.2. The van der Waals surface area contributed by atoms with E-state index in [9.17, 15) is 18.3 Å². The highest BCUT2D eigenvalue weighted by Gasteiger charge is 2.38. The van der Waals surface area contributed by atoms with E-state index < -0.39 is 21.5 Å². The largest absolute Gasteiger partial charge is 0.492 e. The maximum Gasteiger partial charge on any atom is 0.333 e. The third-order valence-electron chi connectivity index (χ3n) is 4.73. The summed E-state index contributed by atoms with van der Waals surface area (Å²) in [5.74, 6) is -0.859. The second-order valence-corrected chi connectivity index (χ2v) is 9.08. The monoisotopic (exact) mass is 448 g/mol. The van der Waals surface area contributed by atoms with Gasteiger partial charge in [-0.1, -0.05) is 13.0 Å². The molecule has 2 aromatic rings. The van der Waals surface area contributed by atoms with Gasteiger partial charge < -0.3 is 20.9 Å². The highest BCUT2D eigenvalue weighted by Crippen LogP contribution is 2.35. The van der Waals surface area contributed by atoms with E-state index in [-0.39, 0.29) is 19.0 Å². The van der Waals surface area contributed by atoms with E-state index in [1.165, 1.54) is 6.92 Å². The molecule has 0 spiro atoms. The average Bonchev–Trinajstić information content (AvgIpc) is 2.70. The van der Waals surface area contributed by atoms with E-state index in [4.69, 9.17) is 15.9 Å². The van der Waals surface area contributed by atoms with Crippen molar-refractivity contribution in [2.75, 3.05) is 24.7 Å². The first kappa shape index (κ1) is 24.2. The predicted octanol–water partition coefficient (Wildman–Crippen LogP) is 1.87. The van der Waals surface area contributed by atoms with Crippen LogP contribution < -0.4 is 20.5 Å². The number of amidine groups is 1. The van der Waals surface area contributed by atoms with Gasteiger partial charge in [0.2, 0.25) is 10.0 Å². The van der Waals surface area contributed by atoms with Gasteiger partial charge in [-0.25, -0.2) is 17.9 Å². The van der Waals surface area contributed by atoms with Gasteiger partial charge in [0.05, 0.1) is 6.26 Å². The van der Waals surface area contributed by atoms with Crippen LogP contribution in [-0.4, -0.2) is 44.7 Å². The Hall–Kier alpha value is -3.11. The summed E-state index contributed by atoms with van der Waals surface area (Å²) in [4.78, 5) is 12.4. The minimum atomic E-state index is -3.35. The first-order valence-corrected chi connectivity index (χ1v) is 11.5. The highest BCUT2D eigenvalue weighted by molar-refractivity contribution is 7.88. The number of aryl methyl sites for hydroxylation is 1. The molecule has 0 saturated heterocycles. The number of benzene rings is 2. The van der Waals surface area contributed by atoms with E-state index in [1.54, 1.807) is 36.4 Å². The second-order valence-electron chi connectivity index (χ2n) is 7.25. The minimum Gasteiger partial charge on any atom is -0.492 e. The van der Waals surface area contributed by atoms with Crippen molar-refractivity contribution in [2.45, 2.75) is 25.8 Å². The fraction of sp³-hybridized carbons (Fsp3) is 0.333. The molecule has 0 aliphatic rings. The fourth-order valence-corrected chi connectivity index (χ4v) is 3.41. The van der Waals surface area contributed by atoms with Crippen molar-refractivity contribution in [3.8, 4) is 5.75 Å². The van der Waals surface area contributed by atoms with Crippen molar-refractivity contribution >= 4 is 27.5 Å². The van der Waals surface area contributed by atoms with Crippen molar-refractivity contribution in [3.05, 3.63) is 59.2 Å². The lowest BCUT2D eigenvalue weighted by molar-refractivity contribution is -0.142. The molecule has 0 radical (unpaired) electrons. The summed E-state index contributed by atoms with van der Waals surface area (Å²) < 4.78 is 30.6. The summed E-state index contributed by atoms with van der Waals surface area (Å²) in [6.07, 6.45) is 1.75. The molecule has 168 valence electrons. The standard InChI is InChI=1S/C21H28N4O5S/c1-4-14-5-10-18(30-12-11-24-31(3,28)29)17(13-14)21(2,20(26)27)25-16-8-6-15(7-9-16)19(22)23/h5-10,13,24-25H,4,11-12H2,1-3H3,(H3,22,23)(H,26,27). The second kappa shape index (κ2) is 9.80. The van der Waals surface area contributed by atoms with E-state index in [2.05, 4.69) is 10.0 Å². The molecule has 0 aromatic heterocycles. The van der Waals surface area contributed by atoms with Crippen molar-refractivity contribution in [1.82, 2.24) is 4.72 Å². The van der Waals surface area contributed by atoms with Crippen LogP contribution in [0.15, 0.2) is 42.5 Å². The topological polar surface area (TPSA) is 155 Å². The van der Waals surface area contributed by atoms with Gasteiger partial charge >= 0.3 is 5.97 Å². The Morgan fingerprint density at radius 3 is 2.39 bits per heavy atom. The molecule has 31 heavy (non-hydrogen) atoms. The van der Waals surface area contributed by atoms with E-state index in [0.29, 0.717) is 29.0 Å². The number of carboxylic acids is 1. The van der Waals surface area contributed by atoms with Gasteiger partial charge in [0.15, 0.2) is 5.54 Å². The van der Waals surface area contributed by atoms with E-state index in [0.717, 1.165) is 11.8 Å². The Bertz CT molecular complexity index is 1050. The van der Waals surface area contributed by atoms with Crippen LogP contribution in [0.3, 0.4) is 0 Å². The molecule has 1 atom stereocenters. The van der Waals surface area contributed by atoms with Crippen molar-refractivity contribution in [2.24, 2.45) is 5.73 Å². The number of carbonyl (C=O) groups is 1. The number of ether oxygens (including phenoxy) is 1. The Morgan fingerprint density at radius 2 is 1.87 bits per heavy atom. The number of nitrogens with two attached hydrogens (primary N) is 1. The SMILES string of the molecule is CCc1ccc(OCCNS(C)(=O)=O)c(C(C)(Nc2ccc(C(=N)N)cc2)C(=O)O)c1. The molecular weight excluding hydrogens is 420 g/mol. The lowest BCUT2D eigenvalue weighted by atomic mass is 9.89. The average molecular weight is 449 g/mol. The number of anilines is 1. The number of carboxylic acid groups (broad SMARTS) is 1. The molecule has 10 heteroatoms. The number of aliphatic carboxylic acids is 1. The predicted molar refractivity (Wildman–Crippen MR) is 120 cm³/mol. The number of hydrogen-bond donors (Lipinski definition) is 5. The summed E-state index contributed by atoms with van der Waals surface area (Å²) >= 11 is 0. The Labute approximate surface area is 182 Å². The first-order chi connectivity index (χ1) is 14.5. The smallest absolute Gasteiger partial charge is 0.333 e. The maximum absolute atomic E-state index is 12.4. The third kappa shape index (κ3) is 6.43. The Balaban J connectivity index is 2.38. The summed E-state index contributed by atoms with van der Waals surface area (Å²) in [7, 11) is -3.35. The van der Waals surface area contributed by atoms with Gasteiger partial charge in [0, 0.05) is 23.4 Å². The molecule has 9 nitrogen and oxygen atoms in total. The molecule has 6 N–H and O–H groups in total. The summed E-state index contributed by atoms with van der Waals surface area (Å²) in [6.45, 7) is 3.58. The Kier molecular flexibility index (Phi) is 7.64. The van der Waals surface area contributed by atoms with Gasteiger partial charge in [-0.3, -0.25) is 5.41 Å². The third-order valence-corrected chi connectivity index (χ3v) is 5.46. The van der Waals surface area contributed by atoms with Crippen LogP contribution in [0.2, 0.25) is 0 Å². The summed E-state index contributed by atoms with van der Waals surface area (Å²) in [5.41, 5.74) is 6.33. The molecule has 0 amide bonds. The van der Waals surface area contributed by atoms with Gasteiger partial charge in [0.25, 0.3) is 0 Å². The number of hydrogen-bond acceptors (Lipinski definition) is 6.